The summed E-state index contributed by atoms with van der Waals surface area (Å²) in [5, 5.41) is 0.672. The van der Waals surface area contributed by atoms with Crippen LogP contribution in [0.2, 0.25) is 0 Å². The minimum Gasteiger partial charge on any atom is -0.293 e. The van der Waals surface area contributed by atoms with Crippen LogP contribution in [-0.4, -0.2) is 9.55 Å². The molecule has 0 unspecified atom stereocenters. The molecule has 3 heteroatoms. The van der Waals surface area contributed by atoms with E-state index in [0.717, 1.165) is 22.6 Å². The van der Waals surface area contributed by atoms with Gasteiger partial charge in [-0.2, -0.15) is 4.98 Å². The van der Waals surface area contributed by atoms with Crippen molar-refractivity contribution in [3.05, 3.63) is 58.9 Å². The fraction of sp³-hybridized carbons (Fsp3) is 0. The molecule has 3 nitrogen and oxygen atoms in total. The van der Waals surface area contributed by atoms with Crippen molar-refractivity contribution in [1.82, 2.24) is 9.55 Å². The van der Waals surface area contributed by atoms with E-state index in [1.54, 1.807) is 0 Å². The monoisotopic (exact) mass is 220 g/mol. The average molecular weight is 220 g/mol. The summed E-state index contributed by atoms with van der Waals surface area (Å²) in [5.41, 5.74) is 2.95. The zero-order valence-corrected chi connectivity index (χ0v) is 8.92. The van der Waals surface area contributed by atoms with Crippen molar-refractivity contribution in [1.29, 1.82) is 0 Å². The van der Waals surface area contributed by atoms with Gasteiger partial charge in [0.15, 0.2) is 5.82 Å². The quantitative estimate of drug-likeness (QED) is 0.456. The molecule has 80 valence electrons. The molecule has 1 aromatic heterocycles. The normalized spacial score (nSPS) is 11.8. The summed E-state index contributed by atoms with van der Waals surface area (Å²) >= 11 is 0. The summed E-state index contributed by atoms with van der Waals surface area (Å²) in [5.74, 6) is 0.768. The first kappa shape index (κ1) is 8.70. The largest absolute Gasteiger partial charge is 0.293 e. The van der Waals surface area contributed by atoms with Gasteiger partial charge in [0.25, 0.3) is 5.56 Å². The van der Waals surface area contributed by atoms with Crippen molar-refractivity contribution in [2.24, 2.45) is 0 Å². The first-order valence-corrected chi connectivity index (χ1v) is 5.48. The number of nitrogens with zero attached hydrogens (tertiary/aromatic N) is 2. The lowest BCUT2D eigenvalue weighted by Gasteiger charge is -2.26. The Balaban J connectivity index is 2.22. The Hall–Kier alpha value is -2.42. The fourth-order valence-electron chi connectivity index (χ4n) is 2.40. The molecule has 3 aromatic rings. The van der Waals surface area contributed by atoms with Crippen LogP contribution in [0, 0.1) is 0 Å². The molecule has 0 fully saturated rings. The van der Waals surface area contributed by atoms with Crippen molar-refractivity contribution in [3.63, 3.8) is 0 Å². The van der Waals surface area contributed by atoms with Crippen LogP contribution in [0.3, 0.4) is 0 Å². The number of fused-ring (bicyclic) bond motifs is 6. The van der Waals surface area contributed by atoms with Gasteiger partial charge in [-0.1, -0.05) is 24.3 Å². The van der Waals surface area contributed by atoms with Crippen molar-refractivity contribution < 1.29 is 0 Å². The molecule has 0 saturated heterocycles. The van der Waals surface area contributed by atoms with Gasteiger partial charge in [0.05, 0.1) is 16.6 Å². The number of para-hydroxylation sites is 2. The van der Waals surface area contributed by atoms with Crippen LogP contribution in [0.25, 0.3) is 28.0 Å². The average Bonchev–Trinajstić information content (AvgIpc) is 2.36. The zero-order chi connectivity index (χ0) is 11.4. The SMILES string of the molecule is O=c1nc2n(c3ccccc13)-c1ccccc1-2. The maximum atomic E-state index is 11.9. The van der Waals surface area contributed by atoms with Gasteiger partial charge in [-0.05, 0) is 24.3 Å². The van der Waals surface area contributed by atoms with Crippen molar-refractivity contribution in [2.75, 3.05) is 0 Å². The van der Waals surface area contributed by atoms with E-state index in [1.165, 1.54) is 0 Å². The van der Waals surface area contributed by atoms with E-state index >= 15 is 0 Å². The van der Waals surface area contributed by atoms with Crippen LogP contribution in [0.15, 0.2) is 53.3 Å². The lowest BCUT2D eigenvalue weighted by molar-refractivity contribution is 0.972. The summed E-state index contributed by atoms with van der Waals surface area (Å²) in [7, 11) is 0. The predicted octanol–water partition coefficient (Wildman–Crippen LogP) is 2.37. The molecule has 0 aliphatic carbocycles. The first-order chi connectivity index (χ1) is 8.36. The Morgan fingerprint density at radius 1 is 0.941 bits per heavy atom. The molecule has 1 aliphatic rings. The molecule has 2 aromatic carbocycles. The molecule has 4 rings (SSSR count). The highest BCUT2D eigenvalue weighted by atomic mass is 16.1. The van der Waals surface area contributed by atoms with E-state index in [4.69, 9.17) is 0 Å². The highest BCUT2D eigenvalue weighted by Gasteiger charge is 2.24. The predicted molar refractivity (Wildman–Crippen MR) is 66.3 cm³/mol. The maximum Gasteiger partial charge on any atom is 0.281 e. The van der Waals surface area contributed by atoms with Gasteiger partial charge in [-0.25, -0.2) is 0 Å². The van der Waals surface area contributed by atoms with Crippen LogP contribution >= 0.6 is 0 Å². The van der Waals surface area contributed by atoms with Crippen LogP contribution in [0.1, 0.15) is 0 Å². The molecule has 0 N–H and O–H groups in total. The highest BCUT2D eigenvalue weighted by Crippen LogP contribution is 2.37. The van der Waals surface area contributed by atoms with Gasteiger partial charge in [0, 0.05) is 5.56 Å². The Kier molecular flexibility index (Phi) is 1.45. The summed E-state index contributed by atoms with van der Waals surface area (Å²) < 4.78 is 2.03. The minimum atomic E-state index is -0.152. The number of hydrogen-bond donors (Lipinski definition) is 0. The number of rotatable bonds is 0. The highest BCUT2D eigenvalue weighted by molar-refractivity contribution is 5.90. The molecule has 0 bridgehead atoms. The van der Waals surface area contributed by atoms with Crippen molar-refractivity contribution in [3.8, 4) is 17.1 Å². The lowest BCUT2D eigenvalue weighted by Crippen LogP contribution is -2.21. The van der Waals surface area contributed by atoms with Crippen LogP contribution in [0.5, 0.6) is 0 Å². The van der Waals surface area contributed by atoms with Gasteiger partial charge in [0.2, 0.25) is 0 Å². The van der Waals surface area contributed by atoms with E-state index in [9.17, 15) is 4.79 Å². The van der Waals surface area contributed by atoms with Crippen molar-refractivity contribution >= 4 is 10.9 Å². The number of aromatic nitrogens is 2. The van der Waals surface area contributed by atoms with E-state index in [-0.39, 0.29) is 5.56 Å². The Labute approximate surface area is 97.0 Å². The number of benzene rings is 2. The van der Waals surface area contributed by atoms with Gasteiger partial charge < -0.3 is 0 Å². The Bertz CT molecular complexity index is 818. The summed E-state index contributed by atoms with van der Waals surface area (Å²) in [4.78, 5) is 16.0. The first-order valence-electron chi connectivity index (χ1n) is 5.48. The van der Waals surface area contributed by atoms with Gasteiger partial charge in [-0.3, -0.25) is 9.36 Å². The summed E-state index contributed by atoms with van der Waals surface area (Å²) in [6.07, 6.45) is 0. The van der Waals surface area contributed by atoms with E-state index in [0.29, 0.717) is 5.39 Å². The fourth-order valence-corrected chi connectivity index (χ4v) is 2.40. The molecule has 0 amide bonds. The third-order valence-electron chi connectivity index (χ3n) is 3.18. The van der Waals surface area contributed by atoms with E-state index < -0.39 is 0 Å². The van der Waals surface area contributed by atoms with Crippen LogP contribution < -0.4 is 5.56 Å². The topological polar surface area (TPSA) is 34.9 Å². The van der Waals surface area contributed by atoms with Gasteiger partial charge in [-0.15, -0.1) is 0 Å². The molecule has 0 saturated carbocycles. The smallest absolute Gasteiger partial charge is 0.281 e. The molecule has 17 heavy (non-hydrogen) atoms. The molecular formula is C14H8N2O. The summed E-state index contributed by atoms with van der Waals surface area (Å²) in [6, 6.07) is 15.6. The van der Waals surface area contributed by atoms with Gasteiger partial charge >= 0.3 is 0 Å². The van der Waals surface area contributed by atoms with Gasteiger partial charge in [0.1, 0.15) is 0 Å². The second-order valence-electron chi connectivity index (χ2n) is 4.11. The number of hydrogen-bond acceptors (Lipinski definition) is 2. The zero-order valence-electron chi connectivity index (χ0n) is 8.92. The second-order valence-corrected chi connectivity index (χ2v) is 4.11. The van der Waals surface area contributed by atoms with Crippen molar-refractivity contribution in [2.45, 2.75) is 0 Å². The summed E-state index contributed by atoms with van der Waals surface area (Å²) in [6.45, 7) is 0. The Morgan fingerprint density at radius 2 is 1.71 bits per heavy atom. The van der Waals surface area contributed by atoms with Crippen LogP contribution in [0.4, 0.5) is 0 Å². The second kappa shape index (κ2) is 2.83. The third kappa shape index (κ3) is 0.959. The van der Waals surface area contributed by atoms with Crippen LogP contribution in [-0.2, 0) is 0 Å². The molecule has 0 radical (unpaired) electrons. The van der Waals surface area contributed by atoms with E-state index in [2.05, 4.69) is 4.98 Å². The molecule has 0 spiro atoms. The molecule has 1 aliphatic heterocycles. The molecule has 0 atom stereocenters. The lowest BCUT2D eigenvalue weighted by atomic mass is 10.0. The Morgan fingerprint density at radius 3 is 2.65 bits per heavy atom. The minimum absolute atomic E-state index is 0.152. The molecule has 2 heterocycles. The maximum absolute atomic E-state index is 11.9. The standard InChI is InChI=1S/C14H8N2O/c17-14-10-6-2-4-8-12(10)16-11-7-3-1-5-9(11)13(16)15-14/h1-8H. The third-order valence-corrected chi connectivity index (χ3v) is 3.18. The molecular weight excluding hydrogens is 212 g/mol. The van der Waals surface area contributed by atoms with E-state index in [1.807, 2.05) is 53.1 Å².